The van der Waals surface area contributed by atoms with Gasteiger partial charge in [-0.25, -0.2) is 0 Å². The minimum atomic E-state index is 0.134. The van der Waals surface area contributed by atoms with Gasteiger partial charge in [0.2, 0.25) is 11.7 Å². The number of tetrazole rings is 1. The molecule has 8 nitrogen and oxygen atoms in total. The summed E-state index contributed by atoms with van der Waals surface area (Å²) in [5, 5.41) is 15.7. The number of nitrogens with zero attached hydrogens (tertiary/aromatic N) is 5. The maximum absolute atomic E-state index is 12.4. The van der Waals surface area contributed by atoms with E-state index >= 15 is 0 Å². The topological polar surface area (TPSA) is 85.2 Å². The number of carbonyl (C=O) groups excluding carboxylic acids is 1. The molecule has 2 aromatic rings. The van der Waals surface area contributed by atoms with E-state index in [2.05, 4.69) is 20.7 Å². The largest absolute Gasteiger partial charge is 0.382 e. The van der Waals surface area contributed by atoms with Crippen molar-refractivity contribution in [1.82, 2.24) is 25.1 Å². The highest BCUT2D eigenvalue weighted by molar-refractivity contribution is 5.77. The lowest BCUT2D eigenvalue weighted by atomic mass is 9.98. The molecule has 2 aliphatic rings. The second kappa shape index (κ2) is 9.35. The average molecular weight is 399 g/mol. The standard InChI is InChI=1S/C21H30N6O2/c1-26-24-21(23-25-26)16-7-9-17(10-8-16)22-18-11-13-27(14-12-18)20(28)15-29-19-5-3-2-4-6-19/h7-10,18-19,22H,2-6,11-15H2,1H3. The highest BCUT2D eigenvalue weighted by Gasteiger charge is 2.24. The molecule has 2 fully saturated rings. The van der Waals surface area contributed by atoms with Crippen molar-refractivity contribution in [2.45, 2.75) is 57.1 Å². The van der Waals surface area contributed by atoms with Crippen LogP contribution < -0.4 is 5.32 Å². The first-order valence-electron chi connectivity index (χ1n) is 10.7. The molecule has 0 spiro atoms. The van der Waals surface area contributed by atoms with Crippen LogP contribution in [0.15, 0.2) is 24.3 Å². The fourth-order valence-electron chi connectivity index (χ4n) is 4.14. The molecule has 1 amide bonds. The summed E-state index contributed by atoms with van der Waals surface area (Å²) in [6, 6.07) is 8.46. The Hall–Kier alpha value is -2.48. The molecule has 1 aromatic carbocycles. The monoisotopic (exact) mass is 398 g/mol. The molecule has 0 bridgehead atoms. The number of aromatic nitrogens is 4. The van der Waals surface area contributed by atoms with Crippen molar-refractivity contribution in [2.24, 2.45) is 7.05 Å². The second-order valence-electron chi connectivity index (χ2n) is 8.05. The zero-order valence-corrected chi connectivity index (χ0v) is 17.1. The lowest BCUT2D eigenvalue weighted by Gasteiger charge is -2.33. The maximum atomic E-state index is 12.4. The predicted molar refractivity (Wildman–Crippen MR) is 110 cm³/mol. The summed E-state index contributed by atoms with van der Waals surface area (Å²) in [7, 11) is 1.76. The number of hydrogen-bond donors (Lipinski definition) is 1. The van der Waals surface area contributed by atoms with Crippen molar-refractivity contribution in [1.29, 1.82) is 0 Å². The highest BCUT2D eigenvalue weighted by atomic mass is 16.5. The Kier molecular flexibility index (Phi) is 6.39. The lowest BCUT2D eigenvalue weighted by molar-refractivity contribution is -0.139. The van der Waals surface area contributed by atoms with Gasteiger partial charge in [0.15, 0.2) is 0 Å². The van der Waals surface area contributed by atoms with Gasteiger partial charge in [0.05, 0.1) is 13.2 Å². The number of amides is 1. The van der Waals surface area contributed by atoms with E-state index in [1.807, 2.05) is 29.2 Å². The van der Waals surface area contributed by atoms with Crippen LogP contribution in [-0.4, -0.2) is 62.9 Å². The molecule has 1 aliphatic heterocycles. The summed E-state index contributed by atoms with van der Waals surface area (Å²) in [4.78, 5) is 15.8. The van der Waals surface area contributed by atoms with E-state index < -0.39 is 0 Å². The predicted octanol–water partition coefficient (Wildman–Crippen LogP) is 2.63. The van der Waals surface area contributed by atoms with Crippen molar-refractivity contribution in [3.8, 4) is 11.4 Å². The van der Waals surface area contributed by atoms with Gasteiger partial charge in [-0.2, -0.15) is 4.80 Å². The van der Waals surface area contributed by atoms with Crippen molar-refractivity contribution in [2.75, 3.05) is 25.0 Å². The van der Waals surface area contributed by atoms with E-state index in [0.29, 0.717) is 11.9 Å². The Balaban J connectivity index is 1.21. The van der Waals surface area contributed by atoms with Crippen molar-refractivity contribution >= 4 is 11.6 Å². The van der Waals surface area contributed by atoms with Gasteiger partial charge in [0.1, 0.15) is 6.61 Å². The van der Waals surface area contributed by atoms with Crippen LogP contribution in [0.1, 0.15) is 44.9 Å². The van der Waals surface area contributed by atoms with Crippen LogP contribution in [0, 0.1) is 0 Å². The first kappa shape index (κ1) is 19.8. The summed E-state index contributed by atoms with van der Waals surface area (Å²) >= 11 is 0. The number of hydrogen-bond acceptors (Lipinski definition) is 6. The van der Waals surface area contributed by atoms with Gasteiger partial charge in [0.25, 0.3) is 0 Å². The summed E-state index contributed by atoms with van der Waals surface area (Å²) in [6.07, 6.45) is 8.14. The molecule has 1 saturated carbocycles. The number of ether oxygens (including phenoxy) is 1. The van der Waals surface area contributed by atoms with Gasteiger partial charge in [-0.05, 0) is 55.2 Å². The molecule has 1 aromatic heterocycles. The van der Waals surface area contributed by atoms with E-state index in [9.17, 15) is 4.79 Å². The van der Waals surface area contributed by atoms with E-state index in [-0.39, 0.29) is 18.6 Å². The molecule has 156 valence electrons. The smallest absolute Gasteiger partial charge is 0.248 e. The Bertz CT molecular complexity index is 792. The number of piperidine rings is 1. The summed E-state index contributed by atoms with van der Waals surface area (Å²) < 4.78 is 5.85. The zero-order chi connectivity index (χ0) is 20.1. The first-order valence-corrected chi connectivity index (χ1v) is 10.7. The number of nitrogens with one attached hydrogen (secondary N) is 1. The first-order chi connectivity index (χ1) is 14.2. The Morgan fingerprint density at radius 1 is 1.10 bits per heavy atom. The van der Waals surface area contributed by atoms with E-state index in [1.54, 1.807) is 7.05 Å². The van der Waals surface area contributed by atoms with Gasteiger partial charge in [-0.1, -0.05) is 19.3 Å². The van der Waals surface area contributed by atoms with Crippen LogP contribution in [0.5, 0.6) is 0 Å². The summed E-state index contributed by atoms with van der Waals surface area (Å²) in [5.74, 6) is 0.760. The SMILES string of the molecule is Cn1nnc(-c2ccc(NC3CCN(C(=O)COC4CCCCC4)CC3)cc2)n1. The summed E-state index contributed by atoms with van der Waals surface area (Å²) in [5.41, 5.74) is 2.02. The maximum Gasteiger partial charge on any atom is 0.248 e. The van der Waals surface area contributed by atoms with Crippen LogP contribution in [-0.2, 0) is 16.6 Å². The molecule has 1 aliphatic carbocycles. The molecule has 0 radical (unpaired) electrons. The second-order valence-corrected chi connectivity index (χ2v) is 8.05. The number of anilines is 1. The Labute approximate surface area is 171 Å². The van der Waals surface area contributed by atoms with Gasteiger partial charge >= 0.3 is 0 Å². The quantitative estimate of drug-likeness (QED) is 0.805. The molecule has 2 heterocycles. The fourth-order valence-corrected chi connectivity index (χ4v) is 4.14. The number of rotatable bonds is 6. The van der Waals surface area contributed by atoms with Gasteiger partial charge in [0, 0.05) is 30.4 Å². The van der Waals surface area contributed by atoms with E-state index in [4.69, 9.17) is 4.74 Å². The minimum Gasteiger partial charge on any atom is -0.382 e. The average Bonchev–Trinajstić information content (AvgIpc) is 3.20. The van der Waals surface area contributed by atoms with Crippen molar-refractivity contribution in [3.63, 3.8) is 0 Å². The van der Waals surface area contributed by atoms with Crippen LogP contribution in [0.4, 0.5) is 5.69 Å². The third-order valence-corrected chi connectivity index (χ3v) is 5.86. The van der Waals surface area contributed by atoms with Crippen LogP contribution in [0.3, 0.4) is 0 Å². The van der Waals surface area contributed by atoms with Crippen molar-refractivity contribution < 1.29 is 9.53 Å². The number of likely N-dealkylation sites (tertiary alicyclic amines) is 1. The van der Waals surface area contributed by atoms with E-state index in [0.717, 1.165) is 50.0 Å². The lowest BCUT2D eigenvalue weighted by Crippen LogP contribution is -2.44. The molecule has 1 N–H and O–H groups in total. The van der Waals surface area contributed by atoms with Crippen LogP contribution >= 0.6 is 0 Å². The molecule has 8 heteroatoms. The molecule has 1 saturated heterocycles. The van der Waals surface area contributed by atoms with Crippen LogP contribution in [0.2, 0.25) is 0 Å². The van der Waals surface area contributed by atoms with Gasteiger partial charge in [-0.15, -0.1) is 10.2 Å². The number of benzene rings is 1. The molecule has 0 unspecified atom stereocenters. The Morgan fingerprint density at radius 2 is 1.83 bits per heavy atom. The molecule has 4 rings (SSSR count). The molecular formula is C21H30N6O2. The number of carbonyl (C=O) groups is 1. The fraction of sp³-hybridized carbons (Fsp3) is 0.619. The number of aryl methyl sites for hydroxylation is 1. The van der Waals surface area contributed by atoms with Crippen LogP contribution in [0.25, 0.3) is 11.4 Å². The highest BCUT2D eigenvalue weighted by Crippen LogP contribution is 2.22. The third-order valence-electron chi connectivity index (χ3n) is 5.86. The summed E-state index contributed by atoms with van der Waals surface area (Å²) in [6.45, 7) is 1.80. The molecular weight excluding hydrogens is 368 g/mol. The van der Waals surface area contributed by atoms with Crippen molar-refractivity contribution in [3.05, 3.63) is 24.3 Å². The van der Waals surface area contributed by atoms with Gasteiger partial charge < -0.3 is 15.0 Å². The zero-order valence-electron chi connectivity index (χ0n) is 17.1. The normalized spacial score (nSPS) is 18.7. The molecule has 0 atom stereocenters. The Morgan fingerprint density at radius 3 is 2.48 bits per heavy atom. The minimum absolute atomic E-state index is 0.134. The van der Waals surface area contributed by atoms with E-state index in [1.165, 1.54) is 24.1 Å². The molecule has 29 heavy (non-hydrogen) atoms. The van der Waals surface area contributed by atoms with Gasteiger partial charge in [-0.3, -0.25) is 4.79 Å². The third kappa shape index (κ3) is 5.32.